The number of hydrogen-bond donors (Lipinski definition) is 1. The van der Waals surface area contributed by atoms with Crippen LogP contribution in [0.5, 0.6) is 11.5 Å². The Balaban J connectivity index is 2.35. The van der Waals surface area contributed by atoms with Gasteiger partial charge in [-0.05, 0) is 37.1 Å². The van der Waals surface area contributed by atoms with Crippen LogP contribution in [0.1, 0.15) is 12.5 Å². The van der Waals surface area contributed by atoms with Crippen LogP contribution in [0.25, 0.3) is 0 Å². The Morgan fingerprint density at radius 2 is 1.90 bits per heavy atom. The second-order valence-corrected chi connectivity index (χ2v) is 5.51. The highest BCUT2D eigenvalue weighted by Gasteiger charge is 2.14. The Bertz CT molecular complexity index is 617. The van der Waals surface area contributed by atoms with Crippen molar-refractivity contribution in [2.24, 2.45) is 5.73 Å². The minimum absolute atomic E-state index is 0.0520. The number of nitrogens with two attached hydrogens (primary N) is 1. The molecule has 20 heavy (non-hydrogen) atoms. The lowest BCUT2D eigenvalue weighted by Crippen LogP contribution is -2.18. The van der Waals surface area contributed by atoms with E-state index in [1.807, 2.05) is 19.1 Å². The van der Waals surface area contributed by atoms with Crippen molar-refractivity contribution < 1.29 is 13.5 Å². The van der Waals surface area contributed by atoms with Gasteiger partial charge in [0.2, 0.25) is 5.82 Å². The van der Waals surface area contributed by atoms with Crippen LogP contribution in [-0.4, -0.2) is 6.04 Å². The molecule has 0 spiro atoms. The summed E-state index contributed by atoms with van der Waals surface area (Å²) >= 11 is 3.11. The van der Waals surface area contributed by atoms with Gasteiger partial charge in [-0.15, -0.1) is 0 Å². The lowest BCUT2D eigenvalue weighted by Gasteiger charge is -2.13. The molecular formula is C15H14BrF2NO. The molecule has 2 rings (SSSR count). The topological polar surface area (TPSA) is 35.2 Å². The van der Waals surface area contributed by atoms with Gasteiger partial charge in [-0.2, -0.15) is 4.39 Å². The highest BCUT2D eigenvalue weighted by Crippen LogP contribution is 2.31. The number of ether oxygens (including phenoxy) is 1. The molecule has 1 unspecified atom stereocenters. The fourth-order valence-corrected chi connectivity index (χ4v) is 2.25. The molecule has 0 aliphatic rings. The molecule has 0 heterocycles. The number of halogens is 3. The average Bonchev–Trinajstić information content (AvgIpc) is 2.37. The van der Waals surface area contributed by atoms with E-state index in [0.29, 0.717) is 16.6 Å². The first kappa shape index (κ1) is 14.9. The molecule has 0 amide bonds. The summed E-state index contributed by atoms with van der Waals surface area (Å²) in [5.74, 6) is -1.65. The normalized spacial score (nSPS) is 12.2. The second-order valence-electron chi connectivity index (χ2n) is 4.59. The number of rotatable bonds is 4. The number of benzene rings is 2. The van der Waals surface area contributed by atoms with E-state index < -0.39 is 11.6 Å². The van der Waals surface area contributed by atoms with E-state index in [9.17, 15) is 8.78 Å². The van der Waals surface area contributed by atoms with E-state index in [1.165, 1.54) is 6.07 Å². The van der Waals surface area contributed by atoms with Gasteiger partial charge in [0.05, 0.1) is 0 Å². The summed E-state index contributed by atoms with van der Waals surface area (Å²) < 4.78 is 33.0. The van der Waals surface area contributed by atoms with Gasteiger partial charge >= 0.3 is 0 Å². The Kier molecular flexibility index (Phi) is 4.73. The Labute approximate surface area is 124 Å². The summed E-state index contributed by atoms with van der Waals surface area (Å²) in [6, 6.07) is 9.57. The SMILES string of the molecule is CC(N)Cc1ccccc1Oc1cc(Br)cc(F)c1F. The van der Waals surface area contributed by atoms with Crippen LogP contribution in [0.4, 0.5) is 8.78 Å². The summed E-state index contributed by atoms with van der Waals surface area (Å²) in [6.07, 6.45) is 0.592. The van der Waals surface area contributed by atoms with Crippen LogP contribution < -0.4 is 10.5 Å². The van der Waals surface area contributed by atoms with E-state index >= 15 is 0 Å². The summed E-state index contributed by atoms with van der Waals surface area (Å²) in [7, 11) is 0. The van der Waals surface area contributed by atoms with Crippen LogP contribution in [0.2, 0.25) is 0 Å². The highest BCUT2D eigenvalue weighted by atomic mass is 79.9. The Morgan fingerprint density at radius 3 is 2.60 bits per heavy atom. The fraction of sp³-hybridized carbons (Fsp3) is 0.200. The monoisotopic (exact) mass is 341 g/mol. The van der Waals surface area contributed by atoms with E-state index in [0.717, 1.165) is 11.6 Å². The standard InChI is InChI=1S/C15H14BrF2NO/c1-9(19)6-10-4-2-3-5-13(10)20-14-8-11(16)7-12(17)15(14)18/h2-5,7-9H,6,19H2,1H3. The van der Waals surface area contributed by atoms with Gasteiger partial charge in [0.15, 0.2) is 11.6 Å². The van der Waals surface area contributed by atoms with Crippen molar-refractivity contribution in [3.63, 3.8) is 0 Å². The third kappa shape index (κ3) is 3.55. The third-order valence-corrected chi connectivity index (χ3v) is 3.15. The van der Waals surface area contributed by atoms with E-state index in [4.69, 9.17) is 10.5 Å². The van der Waals surface area contributed by atoms with Crippen molar-refractivity contribution in [3.05, 3.63) is 58.1 Å². The molecule has 0 saturated heterocycles. The fourth-order valence-electron chi connectivity index (χ4n) is 1.84. The minimum Gasteiger partial charge on any atom is -0.454 e. The molecule has 5 heteroatoms. The predicted octanol–water partition coefficient (Wildman–Crippen LogP) is 4.41. The third-order valence-electron chi connectivity index (χ3n) is 2.69. The van der Waals surface area contributed by atoms with Crippen molar-refractivity contribution in [2.45, 2.75) is 19.4 Å². The molecule has 0 aliphatic carbocycles. The molecule has 0 bridgehead atoms. The molecular weight excluding hydrogens is 328 g/mol. The van der Waals surface area contributed by atoms with E-state index in [2.05, 4.69) is 15.9 Å². The minimum atomic E-state index is -1.01. The summed E-state index contributed by atoms with van der Waals surface area (Å²) in [4.78, 5) is 0. The largest absolute Gasteiger partial charge is 0.454 e. The number of para-hydroxylation sites is 1. The maximum Gasteiger partial charge on any atom is 0.201 e. The number of hydrogen-bond acceptors (Lipinski definition) is 2. The van der Waals surface area contributed by atoms with Crippen LogP contribution in [0, 0.1) is 11.6 Å². The van der Waals surface area contributed by atoms with Gasteiger partial charge in [-0.3, -0.25) is 0 Å². The highest BCUT2D eigenvalue weighted by molar-refractivity contribution is 9.10. The summed E-state index contributed by atoms with van der Waals surface area (Å²) in [6.45, 7) is 1.87. The van der Waals surface area contributed by atoms with E-state index in [1.54, 1.807) is 12.1 Å². The zero-order valence-electron chi connectivity index (χ0n) is 10.9. The summed E-state index contributed by atoms with van der Waals surface area (Å²) in [5, 5.41) is 0. The smallest absolute Gasteiger partial charge is 0.201 e. The molecule has 0 saturated carbocycles. The van der Waals surface area contributed by atoms with Crippen LogP contribution in [0.15, 0.2) is 40.9 Å². The zero-order chi connectivity index (χ0) is 14.7. The van der Waals surface area contributed by atoms with Gasteiger partial charge < -0.3 is 10.5 Å². The quantitative estimate of drug-likeness (QED) is 0.836. The predicted molar refractivity (Wildman–Crippen MR) is 77.9 cm³/mol. The first-order chi connectivity index (χ1) is 9.47. The van der Waals surface area contributed by atoms with Crippen LogP contribution in [-0.2, 0) is 6.42 Å². The second kappa shape index (κ2) is 6.33. The lowest BCUT2D eigenvalue weighted by molar-refractivity contribution is 0.411. The molecule has 2 N–H and O–H groups in total. The first-order valence-electron chi connectivity index (χ1n) is 6.13. The molecule has 0 fully saturated rings. The van der Waals surface area contributed by atoms with Crippen LogP contribution >= 0.6 is 15.9 Å². The average molecular weight is 342 g/mol. The van der Waals surface area contributed by atoms with Gasteiger partial charge in [-0.1, -0.05) is 34.1 Å². The van der Waals surface area contributed by atoms with Crippen molar-refractivity contribution >= 4 is 15.9 Å². The zero-order valence-corrected chi connectivity index (χ0v) is 12.5. The maximum atomic E-state index is 13.7. The van der Waals surface area contributed by atoms with Crippen molar-refractivity contribution in [3.8, 4) is 11.5 Å². The molecule has 2 aromatic carbocycles. The van der Waals surface area contributed by atoms with Crippen LogP contribution in [0.3, 0.4) is 0 Å². The van der Waals surface area contributed by atoms with Gasteiger partial charge in [0, 0.05) is 10.5 Å². The molecule has 2 nitrogen and oxygen atoms in total. The maximum absolute atomic E-state index is 13.7. The Morgan fingerprint density at radius 1 is 1.20 bits per heavy atom. The molecule has 1 atom stereocenters. The molecule has 0 aliphatic heterocycles. The van der Waals surface area contributed by atoms with Gasteiger partial charge in [0.25, 0.3) is 0 Å². The van der Waals surface area contributed by atoms with Gasteiger partial charge in [0.1, 0.15) is 5.75 Å². The molecule has 2 aromatic rings. The first-order valence-corrected chi connectivity index (χ1v) is 6.92. The van der Waals surface area contributed by atoms with Crippen molar-refractivity contribution in [1.82, 2.24) is 0 Å². The van der Waals surface area contributed by atoms with Crippen molar-refractivity contribution in [1.29, 1.82) is 0 Å². The van der Waals surface area contributed by atoms with Crippen molar-refractivity contribution in [2.75, 3.05) is 0 Å². The van der Waals surface area contributed by atoms with E-state index in [-0.39, 0.29) is 11.8 Å². The van der Waals surface area contributed by atoms with Gasteiger partial charge in [-0.25, -0.2) is 4.39 Å². The molecule has 0 radical (unpaired) electrons. The molecule has 106 valence electrons. The molecule has 0 aromatic heterocycles. The Hall–Kier alpha value is -1.46. The summed E-state index contributed by atoms with van der Waals surface area (Å²) in [5.41, 5.74) is 6.62. The lowest BCUT2D eigenvalue weighted by atomic mass is 10.1.